The molecule has 1 N–H and O–H groups in total. The fourth-order valence-corrected chi connectivity index (χ4v) is 3.59. The normalized spacial score (nSPS) is 14.7. The standard InChI is InChI=1S/C23H20F3N7O/c1-14(23(24,25)26)33-13-29-31-21(33)16-3-2-4-17(9-16)30-22(34)19-10-18(7-8-27-19)32-11-20(28-12-32)15-5-6-15/h2-4,7-15H,5-6H2,1H3,(H,30,34)/t14-/m1/s1. The second-order valence-corrected chi connectivity index (χ2v) is 8.19. The van der Waals surface area contributed by atoms with E-state index in [2.05, 4.69) is 25.5 Å². The van der Waals surface area contributed by atoms with E-state index < -0.39 is 18.1 Å². The number of alkyl halides is 3. The lowest BCUT2D eigenvalue weighted by molar-refractivity contribution is -0.162. The van der Waals surface area contributed by atoms with Gasteiger partial charge in [0.05, 0.1) is 17.7 Å². The number of carbonyl (C=O) groups is 1. The molecule has 0 unspecified atom stereocenters. The van der Waals surface area contributed by atoms with Gasteiger partial charge in [-0.3, -0.25) is 9.78 Å². The van der Waals surface area contributed by atoms with Crippen molar-refractivity contribution >= 4 is 11.6 Å². The molecule has 1 amide bonds. The van der Waals surface area contributed by atoms with Gasteiger partial charge in [-0.05, 0) is 44.0 Å². The zero-order chi connectivity index (χ0) is 23.9. The summed E-state index contributed by atoms with van der Waals surface area (Å²) in [5.41, 5.74) is 2.76. The molecule has 1 aliphatic carbocycles. The van der Waals surface area contributed by atoms with Crippen LogP contribution in [0.1, 0.15) is 47.9 Å². The summed E-state index contributed by atoms with van der Waals surface area (Å²) >= 11 is 0. The summed E-state index contributed by atoms with van der Waals surface area (Å²) in [7, 11) is 0. The van der Waals surface area contributed by atoms with Crippen LogP contribution in [-0.4, -0.2) is 41.4 Å². The van der Waals surface area contributed by atoms with E-state index in [0.717, 1.165) is 42.0 Å². The summed E-state index contributed by atoms with van der Waals surface area (Å²) in [6, 6.07) is 8.04. The predicted molar refractivity (Wildman–Crippen MR) is 118 cm³/mol. The van der Waals surface area contributed by atoms with E-state index in [9.17, 15) is 18.0 Å². The van der Waals surface area contributed by atoms with Crippen LogP contribution in [0.25, 0.3) is 17.1 Å². The molecule has 1 aliphatic rings. The third-order valence-electron chi connectivity index (χ3n) is 5.72. The van der Waals surface area contributed by atoms with Crippen LogP contribution in [0.4, 0.5) is 18.9 Å². The van der Waals surface area contributed by atoms with Crippen LogP contribution in [0.5, 0.6) is 0 Å². The average Bonchev–Trinajstić information content (AvgIpc) is 3.34. The van der Waals surface area contributed by atoms with Gasteiger partial charge in [-0.15, -0.1) is 10.2 Å². The maximum Gasteiger partial charge on any atom is 0.408 e. The van der Waals surface area contributed by atoms with E-state index in [0.29, 0.717) is 17.2 Å². The van der Waals surface area contributed by atoms with E-state index in [4.69, 9.17) is 0 Å². The number of hydrogen-bond donors (Lipinski definition) is 1. The number of halogens is 3. The molecule has 1 saturated carbocycles. The van der Waals surface area contributed by atoms with E-state index in [1.54, 1.807) is 48.9 Å². The van der Waals surface area contributed by atoms with Gasteiger partial charge < -0.3 is 14.5 Å². The molecule has 34 heavy (non-hydrogen) atoms. The Morgan fingerprint density at radius 1 is 1.15 bits per heavy atom. The molecule has 1 aromatic carbocycles. The largest absolute Gasteiger partial charge is 0.408 e. The average molecular weight is 467 g/mol. The van der Waals surface area contributed by atoms with Crippen molar-refractivity contribution in [3.63, 3.8) is 0 Å². The highest BCUT2D eigenvalue weighted by molar-refractivity contribution is 6.03. The third-order valence-corrected chi connectivity index (χ3v) is 5.72. The van der Waals surface area contributed by atoms with E-state index >= 15 is 0 Å². The highest BCUT2D eigenvalue weighted by Crippen LogP contribution is 2.39. The Morgan fingerprint density at radius 3 is 2.74 bits per heavy atom. The van der Waals surface area contributed by atoms with Gasteiger partial charge in [0.2, 0.25) is 0 Å². The first-order valence-electron chi connectivity index (χ1n) is 10.7. The van der Waals surface area contributed by atoms with Crippen molar-refractivity contribution in [3.05, 3.63) is 72.8 Å². The Kier molecular flexibility index (Phi) is 5.39. The van der Waals surface area contributed by atoms with Crippen LogP contribution < -0.4 is 5.32 Å². The van der Waals surface area contributed by atoms with Gasteiger partial charge in [-0.1, -0.05) is 12.1 Å². The molecule has 11 heteroatoms. The molecule has 0 radical (unpaired) electrons. The second-order valence-electron chi connectivity index (χ2n) is 8.19. The summed E-state index contributed by atoms with van der Waals surface area (Å²) in [5, 5.41) is 10.2. The second kappa shape index (κ2) is 8.40. The number of benzene rings is 1. The number of rotatable bonds is 6. The van der Waals surface area contributed by atoms with Crippen molar-refractivity contribution < 1.29 is 18.0 Å². The topological polar surface area (TPSA) is 90.5 Å². The minimum absolute atomic E-state index is 0.0487. The molecule has 1 fully saturated rings. The van der Waals surface area contributed by atoms with E-state index in [1.807, 2.05) is 10.8 Å². The predicted octanol–water partition coefficient (Wildman–Crippen LogP) is 4.78. The first-order chi connectivity index (χ1) is 16.3. The van der Waals surface area contributed by atoms with Crippen LogP contribution >= 0.6 is 0 Å². The highest BCUT2D eigenvalue weighted by atomic mass is 19.4. The van der Waals surface area contributed by atoms with Gasteiger partial charge in [0.1, 0.15) is 18.1 Å². The Morgan fingerprint density at radius 2 is 1.97 bits per heavy atom. The molecule has 1 atom stereocenters. The molecule has 0 spiro atoms. The first-order valence-corrected chi connectivity index (χ1v) is 10.7. The molecule has 5 rings (SSSR count). The molecule has 174 valence electrons. The van der Waals surface area contributed by atoms with Crippen LogP contribution in [0.3, 0.4) is 0 Å². The van der Waals surface area contributed by atoms with Gasteiger partial charge in [0.15, 0.2) is 5.82 Å². The molecule has 0 saturated heterocycles. The maximum absolute atomic E-state index is 13.2. The van der Waals surface area contributed by atoms with Crippen molar-refractivity contribution in [2.45, 2.75) is 37.9 Å². The number of hydrogen-bond acceptors (Lipinski definition) is 5. The van der Waals surface area contributed by atoms with Gasteiger partial charge in [0.25, 0.3) is 5.91 Å². The van der Waals surface area contributed by atoms with Crippen LogP contribution in [0, 0.1) is 0 Å². The molecule has 3 aromatic heterocycles. The van der Waals surface area contributed by atoms with Gasteiger partial charge >= 0.3 is 6.18 Å². The van der Waals surface area contributed by atoms with Gasteiger partial charge in [0, 0.05) is 29.6 Å². The van der Waals surface area contributed by atoms with Crippen LogP contribution in [-0.2, 0) is 0 Å². The van der Waals surface area contributed by atoms with Crippen molar-refractivity contribution in [3.8, 4) is 17.1 Å². The highest BCUT2D eigenvalue weighted by Gasteiger charge is 2.38. The minimum Gasteiger partial charge on any atom is -0.321 e. The lowest BCUT2D eigenvalue weighted by Crippen LogP contribution is -2.24. The summed E-state index contributed by atoms with van der Waals surface area (Å²) < 4.78 is 42.4. The lowest BCUT2D eigenvalue weighted by atomic mass is 10.1. The smallest absolute Gasteiger partial charge is 0.321 e. The Bertz CT molecular complexity index is 1340. The lowest BCUT2D eigenvalue weighted by Gasteiger charge is -2.18. The van der Waals surface area contributed by atoms with Crippen molar-refractivity contribution in [2.75, 3.05) is 5.32 Å². The van der Waals surface area contributed by atoms with Crippen LogP contribution in [0.2, 0.25) is 0 Å². The Labute approximate surface area is 192 Å². The minimum atomic E-state index is -4.45. The number of nitrogens with zero attached hydrogens (tertiary/aromatic N) is 6. The fourth-order valence-electron chi connectivity index (χ4n) is 3.59. The summed E-state index contributed by atoms with van der Waals surface area (Å²) in [5.74, 6) is 0.113. The summed E-state index contributed by atoms with van der Waals surface area (Å²) in [4.78, 5) is 21.4. The number of aromatic nitrogens is 6. The maximum atomic E-state index is 13.2. The van der Waals surface area contributed by atoms with E-state index in [-0.39, 0.29) is 11.5 Å². The SMILES string of the molecule is C[C@@H](n1cnnc1-c1cccc(NC(=O)c2cc(-n3cnc(C4CC4)c3)ccn2)c1)C(F)(F)F. The Hall–Kier alpha value is -4.02. The molecule has 0 bridgehead atoms. The molecule has 0 aliphatic heterocycles. The number of anilines is 1. The molecular weight excluding hydrogens is 447 g/mol. The van der Waals surface area contributed by atoms with E-state index in [1.165, 1.54) is 0 Å². The molecule has 4 aromatic rings. The molecule has 3 heterocycles. The molecular formula is C23H20F3N7O. The Balaban J connectivity index is 1.36. The van der Waals surface area contributed by atoms with Crippen LogP contribution in [0.15, 0.2) is 61.4 Å². The first kappa shape index (κ1) is 21.8. The fraction of sp³-hybridized carbons (Fsp3) is 0.261. The monoisotopic (exact) mass is 467 g/mol. The van der Waals surface area contributed by atoms with Crippen molar-refractivity contribution in [1.82, 2.24) is 29.3 Å². The van der Waals surface area contributed by atoms with Crippen molar-refractivity contribution in [1.29, 1.82) is 0 Å². The van der Waals surface area contributed by atoms with Gasteiger partial charge in [-0.2, -0.15) is 13.2 Å². The quantitative estimate of drug-likeness (QED) is 0.441. The number of amides is 1. The van der Waals surface area contributed by atoms with Gasteiger partial charge in [-0.25, -0.2) is 4.98 Å². The number of imidazole rings is 1. The summed E-state index contributed by atoms with van der Waals surface area (Å²) in [6.45, 7) is 1.03. The third kappa shape index (κ3) is 4.41. The number of pyridine rings is 1. The summed E-state index contributed by atoms with van der Waals surface area (Å²) in [6.07, 6.45) is 4.09. The zero-order valence-corrected chi connectivity index (χ0v) is 18.1. The number of nitrogens with one attached hydrogen (secondary N) is 1. The zero-order valence-electron chi connectivity index (χ0n) is 18.1. The van der Waals surface area contributed by atoms with Crippen molar-refractivity contribution in [2.24, 2.45) is 0 Å². The number of carbonyl (C=O) groups excluding carboxylic acids is 1. The molecule has 8 nitrogen and oxygen atoms in total.